The molecule has 1 aliphatic rings. The number of carbonyl (C=O) groups excluding carboxylic acids is 1. The van der Waals surface area contributed by atoms with Gasteiger partial charge in [-0.15, -0.1) is 0 Å². The van der Waals surface area contributed by atoms with E-state index in [1.165, 1.54) is 0 Å². The van der Waals surface area contributed by atoms with Gasteiger partial charge in [-0.25, -0.2) is 0 Å². The topological polar surface area (TPSA) is 59.0 Å². The SMILES string of the molecule is O=C(COc1ccccc1)N1CCC(OCCO)CC1. The maximum absolute atomic E-state index is 12.0. The number of benzene rings is 1. The molecular formula is C15H21NO4. The van der Waals surface area contributed by atoms with Gasteiger partial charge in [-0.2, -0.15) is 0 Å². The molecule has 1 saturated heterocycles. The maximum atomic E-state index is 12.0. The Morgan fingerprint density at radius 3 is 2.60 bits per heavy atom. The normalized spacial score (nSPS) is 16.1. The molecule has 0 spiro atoms. The van der Waals surface area contributed by atoms with Crippen LogP contribution in [0.3, 0.4) is 0 Å². The zero-order valence-corrected chi connectivity index (χ0v) is 11.5. The molecule has 1 aliphatic heterocycles. The molecule has 1 fully saturated rings. The van der Waals surface area contributed by atoms with Gasteiger partial charge in [0.25, 0.3) is 5.91 Å². The highest BCUT2D eigenvalue weighted by molar-refractivity contribution is 5.77. The molecule has 0 aliphatic carbocycles. The third-order valence-corrected chi connectivity index (χ3v) is 3.35. The van der Waals surface area contributed by atoms with Crippen LogP contribution in [0.15, 0.2) is 30.3 Å². The fourth-order valence-electron chi connectivity index (χ4n) is 2.24. The number of aliphatic hydroxyl groups is 1. The number of piperidine rings is 1. The number of hydrogen-bond acceptors (Lipinski definition) is 4. The average Bonchev–Trinajstić information content (AvgIpc) is 2.52. The molecule has 0 radical (unpaired) electrons. The summed E-state index contributed by atoms with van der Waals surface area (Å²) in [6.45, 7) is 1.87. The van der Waals surface area contributed by atoms with E-state index in [2.05, 4.69) is 0 Å². The first kappa shape index (κ1) is 14.8. The predicted octanol–water partition coefficient (Wildman–Crippen LogP) is 1.07. The van der Waals surface area contributed by atoms with Gasteiger partial charge in [-0.3, -0.25) is 4.79 Å². The van der Waals surface area contributed by atoms with Crippen molar-refractivity contribution in [2.75, 3.05) is 32.9 Å². The number of likely N-dealkylation sites (tertiary alicyclic amines) is 1. The lowest BCUT2D eigenvalue weighted by Gasteiger charge is -2.31. The summed E-state index contributed by atoms with van der Waals surface area (Å²) < 4.78 is 10.9. The van der Waals surface area contributed by atoms with E-state index in [1.807, 2.05) is 35.2 Å². The maximum Gasteiger partial charge on any atom is 0.260 e. The average molecular weight is 279 g/mol. The molecule has 1 N–H and O–H groups in total. The third-order valence-electron chi connectivity index (χ3n) is 3.35. The Hall–Kier alpha value is -1.59. The summed E-state index contributed by atoms with van der Waals surface area (Å²) in [7, 11) is 0. The summed E-state index contributed by atoms with van der Waals surface area (Å²) in [5.74, 6) is 0.719. The highest BCUT2D eigenvalue weighted by Crippen LogP contribution is 2.14. The van der Waals surface area contributed by atoms with Gasteiger partial charge in [-0.05, 0) is 25.0 Å². The van der Waals surface area contributed by atoms with Crippen LogP contribution in [0, 0.1) is 0 Å². The minimum absolute atomic E-state index is 0.00876. The zero-order chi connectivity index (χ0) is 14.2. The van der Waals surface area contributed by atoms with Crippen LogP contribution in [0.4, 0.5) is 0 Å². The quantitative estimate of drug-likeness (QED) is 0.846. The van der Waals surface area contributed by atoms with E-state index >= 15 is 0 Å². The molecule has 0 unspecified atom stereocenters. The van der Waals surface area contributed by atoms with Crippen molar-refractivity contribution in [2.45, 2.75) is 18.9 Å². The Morgan fingerprint density at radius 1 is 1.25 bits per heavy atom. The Morgan fingerprint density at radius 2 is 1.95 bits per heavy atom. The van der Waals surface area contributed by atoms with Crippen LogP contribution in [-0.4, -0.2) is 54.9 Å². The van der Waals surface area contributed by atoms with Gasteiger partial charge in [0.2, 0.25) is 0 Å². The molecule has 0 bridgehead atoms. The van der Waals surface area contributed by atoms with E-state index in [9.17, 15) is 4.79 Å². The molecule has 0 saturated carbocycles. The van der Waals surface area contributed by atoms with Crippen LogP contribution in [0.1, 0.15) is 12.8 Å². The second-order valence-corrected chi connectivity index (χ2v) is 4.78. The molecule has 110 valence electrons. The van der Waals surface area contributed by atoms with Crippen molar-refractivity contribution in [3.63, 3.8) is 0 Å². The van der Waals surface area contributed by atoms with Crippen molar-refractivity contribution in [1.82, 2.24) is 4.90 Å². The molecule has 1 aromatic carbocycles. The number of nitrogens with zero attached hydrogens (tertiary/aromatic N) is 1. The van der Waals surface area contributed by atoms with E-state index in [4.69, 9.17) is 14.6 Å². The lowest BCUT2D eigenvalue weighted by Crippen LogP contribution is -2.43. The zero-order valence-electron chi connectivity index (χ0n) is 11.5. The number of aliphatic hydroxyl groups excluding tert-OH is 1. The van der Waals surface area contributed by atoms with Gasteiger partial charge < -0.3 is 19.5 Å². The Kier molecular flexibility index (Phi) is 5.83. The first-order valence-corrected chi connectivity index (χ1v) is 6.97. The summed E-state index contributed by atoms with van der Waals surface area (Å²) in [6.07, 6.45) is 1.79. The third kappa shape index (κ3) is 4.51. The monoisotopic (exact) mass is 279 g/mol. The Bertz CT molecular complexity index is 402. The summed E-state index contributed by atoms with van der Waals surface area (Å²) in [6, 6.07) is 9.34. The fourth-order valence-corrected chi connectivity index (χ4v) is 2.24. The van der Waals surface area contributed by atoms with Gasteiger partial charge in [0.15, 0.2) is 6.61 Å². The largest absolute Gasteiger partial charge is 0.484 e. The van der Waals surface area contributed by atoms with Crippen molar-refractivity contribution in [1.29, 1.82) is 0 Å². The second kappa shape index (κ2) is 7.87. The molecule has 20 heavy (non-hydrogen) atoms. The van der Waals surface area contributed by atoms with Gasteiger partial charge in [0, 0.05) is 13.1 Å². The fraction of sp³-hybridized carbons (Fsp3) is 0.533. The van der Waals surface area contributed by atoms with E-state index in [0.29, 0.717) is 25.4 Å². The van der Waals surface area contributed by atoms with Gasteiger partial charge >= 0.3 is 0 Å². The van der Waals surface area contributed by atoms with Crippen LogP contribution in [0.2, 0.25) is 0 Å². The molecular weight excluding hydrogens is 258 g/mol. The van der Waals surface area contributed by atoms with Gasteiger partial charge in [-0.1, -0.05) is 18.2 Å². The molecule has 1 amide bonds. The second-order valence-electron chi connectivity index (χ2n) is 4.78. The number of ether oxygens (including phenoxy) is 2. The van der Waals surface area contributed by atoms with Crippen molar-refractivity contribution in [3.05, 3.63) is 30.3 Å². The standard InChI is InChI=1S/C15H21NO4/c17-10-11-19-14-6-8-16(9-7-14)15(18)12-20-13-4-2-1-3-5-13/h1-5,14,17H,6-12H2. The first-order chi connectivity index (χ1) is 9.79. The molecule has 1 heterocycles. The van der Waals surface area contributed by atoms with Crippen molar-refractivity contribution < 1.29 is 19.4 Å². The van der Waals surface area contributed by atoms with E-state index in [-0.39, 0.29) is 25.2 Å². The molecule has 1 aromatic rings. The minimum Gasteiger partial charge on any atom is -0.484 e. The van der Waals surface area contributed by atoms with Gasteiger partial charge in [0.05, 0.1) is 19.3 Å². The minimum atomic E-state index is 0.00876. The van der Waals surface area contributed by atoms with Crippen LogP contribution >= 0.6 is 0 Å². The highest BCUT2D eigenvalue weighted by atomic mass is 16.5. The molecule has 2 rings (SSSR count). The summed E-state index contributed by atoms with van der Waals surface area (Å²) in [5.41, 5.74) is 0. The van der Waals surface area contributed by atoms with E-state index in [1.54, 1.807) is 0 Å². The number of para-hydroxylation sites is 1. The number of rotatable bonds is 6. The van der Waals surface area contributed by atoms with Crippen molar-refractivity contribution >= 4 is 5.91 Å². The first-order valence-electron chi connectivity index (χ1n) is 6.97. The van der Waals surface area contributed by atoms with Crippen molar-refractivity contribution in [2.24, 2.45) is 0 Å². The van der Waals surface area contributed by atoms with E-state index in [0.717, 1.165) is 12.8 Å². The number of amides is 1. The molecule has 5 heteroatoms. The highest BCUT2D eigenvalue weighted by Gasteiger charge is 2.23. The molecule has 0 aromatic heterocycles. The van der Waals surface area contributed by atoms with Crippen LogP contribution in [0.25, 0.3) is 0 Å². The van der Waals surface area contributed by atoms with Crippen molar-refractivity contribution in [3.8, 4) is 5.75 Å². The number of carbonyl (C=O) groups is 1. The van der Waals surface area contributed by atoms with Crippen LogP contribution in [-0.2, 0) is 9.53 Å². The smallest absolute Gasteiger partial charge is 0.260 e. The number of hydrogen-bond donors (Lipinski definition) is 1. The van der Waals surface area contributed by atoms with E-state index < -0.39 is 0 Å². The lowest BCUT2D eigenvalue weighted by molar-refractivity contribution is -0.136. The molecule has 0 atom stereocenters. The predicted molar refractivity (Wildman–Crippen MR) is 74.6 cm³/mol. The summed E-state index contributed by atoms with van der Waals surface area (Å²) >= 11 is 0. The van der Waals surface area contributed by atoms with Gasteiger partial charge in [0.1, 0.15) is 5.75 Å². The molecule has 5 nitrogen and oxygen atoms in total. The summed E-state index contributed by atoms with van der Waals surface area (Å²) in [5, 5.41) is 8.71. The van der Waals surface area contributed by atoms with Crippen LogP contribution < -0.4 is 4.74 Å². The summed E-state index contributed by atoms with van der Waals surface area (Å²) in [4.78, 5) is 13.8. The Labute approximate surface area is 119 Å². The Balaban J connectivity index is 1.69. The lowest BCUT2D eigenvalue weighted by atomic mass is 10.1. The van der Waals surface area contributed by atoms with Crippen LogP contribution in [0.5, 0.6) is 5.75 Å².